The van der Waals surface area contributed by atoms with E-state index in [1.165, 1.54) is 0 Å². The first kappa shape index (κ1) is 12.0. The Balaban J connectivity index is 2.25. The molecule has 1 N–H and O–H groups in total. The minimum atomic E-state index is 0.144. The smallest absolute Gasteiger partial charge is 0.0986 e. The van der Waals surface area contributed by atoms with Gasteiger partial charge in [0.1, 0.15) is 0 Å². The summed E-state index contributed by atoms with van der Waals surface area (Å²) in [6.07, 6.45) is 1.35. The van der Waals surface area contributed by atoms with E-state index in [0.717, 1.165) is 13.0 Å². The molecular weight excluding hydrogens is 202 g/mol. The van der Waals surface area contributed by atoms with Gasteiger partial charge in [0, 0.05) is 31.3 Å². The Morgan fingerprint density at radius 1 is 1.64 bits per heavy atom. The highest BCUT2D eigenvalue weighted by atomic mass is 35.5. The SMILES string of the molecule is C=C(Cl)CNC1CC(OCC)C1OC. The third kappa shape index (κ3) is 2.95. The zero-order valence-electron chi connectivity index (χ0n) is 8.75. The molecule has 0 heterocycles. The first-order valence-electron chi connectivity index (χ1n) is 4.90. The molecule has 0 amide bonds. The maximum atomic E-state index is 5.66. The molecule has 0 aromatic heterocycles. The predicted molar refractivity (Wildman–Crippen MR) is 57.6 cm³/mol. The summed E-state index contributed by atoms with van der Waals surface area (Å²) in [4.78, 5) is 0. The number of nitrogens with one attached hydrogen (secondary N) is 1. The Labute approximate surface area is 90.4 Å². The van der Waals surface area contributed by atoms with Gasteiger partial charge in [0.15, 0.2) is 0 Å². The molecule has 1 fully saturated rings. The van der Waals surface area contributed by atoms with Gasteiger partial charge in [-0.25, -0.2) is 0 Å². The summed E-state index contributed by atoms with van der Waals surface area (Å²) in [7, 11) is 1.71. The molecule has 3 nitrogen and oxygen atoms in total. The Morgan fingerprint density at radius 2 is 2.36 bits per heavy atom. The molecule has 0 saturated heterocycles. The zero-order chi connectivity index (χ0) is 10.6. The second-order valence-corrected chi connectivity index (χ2v) is 3.97. The van der Waals surface area contributed by atoms with Crippen LogP contribution in [0, 0.1) is 0 Å². The van der Waals surface area contributed by atoms with Crippen molar-refractivity contribution in [2.24, 2.45) is 0 Å². The molecule has 82 valence electrons. The Bertz CT molecular complexity index is 199. The van der Waals surface area contributed by atoms with E-state index in [0.29, 0.717) is 17.6 Å². The van der Waals surface area contributed by atoms with Crippen molar-refractivity contribution < 1.29 is 9.47 Å². The molecule has 14 heavy (non-hydrogen) atoms. The highest BCUT2D eigenvalue weighted by Crippen LogP contribution is 2.26. The van der Waals surface area contributed by atoms with Crippen LogP contribution in [0.25, 0.3) is 0 Å². The van der Waals surface area contributed by atoms with Gasteiger partial charge < -0.3 is 14.8 Å². The second kappa shape index (κ2) is 5.71. The molecule has 0 radical (unpaired) electrons. The van der Waals surface area contributed by atoms with Crippen LogP contribution in [-0.4, -0.2) is 38.5 Å². The largest absolute Gasteiger partial charge is 0.377 e. The van der Waals surface area contributed by atoms with Crippen LogP contribution in [0.1, 0.15) is 13.3 Å². The summed E-state index contributed by atoms with van der Waals surface area (Å²) in [5.74, 6) is 0. The molecule has 0 bridgehead atoms. The number of hydrogen-bond donors (Lipinski definition) is 1. The van der Waals surface area contributed by atoms with E-state index in [1.807, 2.05) is 6.92 Å². The van der Waals surface area contributed by atoms with Gasteiger partial charge >= 0.3 is 0 Å². The Hall–Kier alpha value is -0.0900. The molecule has 1 aliphatic rings. The van der Waals surface area contributed by atoms with Crippen molar-refractivity contribution in [2.45, 2.75) is 31.6 Å². The molecule has 0 aliphatic heterocycles. The molecule has 4 heteroatoms. The van der Waals surface area contributed by atoms with Crippen LogP contribution in [0.5, 0.6) is 0 Å². The van der Waals surface area contributed by atoms with Gasteiger partial charge in [0.25, 0.3) is 0 Å². The summed E-state index contributed by atoms with van der Waals surface area (Å²) >= 11 is 5.66. The van der Waals surface area contributed by atoms with Crippen molar-refractivity contribution in [3.8, 4) is 0 Å². The normalized spacial score (nSPS) is 31.2. The van der Waals surface area contributed by atoms with Gasteiger partial charge in [-0.2, -0.15) is 0 Å². The zero-order valence-corrected chi connectivity index (χ0v) is 9.51. The average molecular weight is 220 g/mol. The molecule has 1 saturated carbocycles. The van der Waals surface area contributed by atoms with Crippen LogP contribution >= 0.6 is 11.6 Å². The van der Waals surface area contributed by atoms with Gasteiger partial charge in [0.05, 0.1) is 12.2 Å². The van der Waals surface area contributed by atoms with E-state index in [2.05, 4.69) is 11.9 Å². The van der Waals surface area contributed by atoms with Crippen molar-refractivity contribution in [1.82, 2.24) is 5.32 Å². The van der Waals surface area contributed by atoms with Crippen LogP contribution in [0.2, 0.25) is 0 Å². The number of methoxy groups -OCH3 is 1. The maximum absolute atomic E-state index is 5.66. The topological polar surface area (TPSA) is 30.5 Å². The van der Waals surface area contributed by atoms with Crippen LogP contribution in [-0.2, 0) is 9.47 Å². The molecule has 1 aliphatic carbocycles. The fraction of sp³-hybridized carbons (Fsp3) is 0.800. The number of rotatable bonds is 6. The summed E-state index contributed by atoms with van der Waals surface area (Å²) < 4.78 is 10.8. The standard InChI is InChI=1S/C10H18ClNO2/c1-4-14-9-5-8(10(9)13-3)12-6-7(2)11/h8-10,12H,2,4-6H2,1,3H3. The maximum Gasteiger partial charge on any atom is 0.0986 e. The lowest BCUT2D eigenvalue weighted by Gasteiger charge is -2.43. The summed E-state index contributed by atoms with van der Waals surface area (Å²) in [6, 6.07) is 0.340. The monoisotopic (exact) mass is 219 g/mol. The van der Waals surface area contributed by atoms with E-state index in [4.69, 9.17) is 21.1 Å². The molecular formula is C10H18ClNO2. The molecule has 1 rings (SSSR count). The second-order valence-electron chi connectivity index (χ2n) is 3.43. The van der Waals surface area contributed by atoms with Gasteiger partial charge in [-0.15, -0.1) is 0 Å². The third-order valence-corrected chi connectivity index (χ3v) is 2.59. The molecule has 3 unspecified atom stereocenters. The predicted octanol–water partition coefficient (Wildman–Crippen LogP) is 1.52. The van der Waals surface area contributed by atoms with Crippen LogP contribution in [0.4, 0.5) is 0 Å². The first-order valence-corrected chi connectivity index (χ1v) is 5.27. The highest BCUT2D eigenvalue weighted by Gasteiger charge is 2.41. The average Bonchev–Trinajstić information content (AvgIpc) is 2.10. The Kier molecular flexibility index (Phi) is 4.89. The van der Waals surface area contributed by atoms with Gasteiger partial charge in [-0.3, -0.25) is 0 Å². The molecule has 3 atom stereocenters. The molecule has 0 spiro atoms. The fourth-order valence-electron chi connectivity index (χ4n) is 1.72. The van der Waals surface area contributed by atoms with E-state index in [9.17, 15) is 0 Å². The van der Waals surface area contributed by atoms with Gasteiger partial charge in [-0.1, -0.05) is 18.2 Å². The quantitative estimate of drug-likeness (QED) is 0.735. The number of hydrogen-bond acceptors (Lipinski definition) is 3. The van der Waals surface area contributed by atoms with E-state index >= 15 is 0 Å². The minimum Gasteiger partial charge on any atom is -0.377 e. The van der Waals surface area contributed by atoms with Crippen LogP contribution in [0.3, 0.4) is 0 Å². The third-order valence-electron chi connectivity index (χ3n) is 2.46. The van der Waals surface area contributed by atoms with Crippen molar-refractivity contribution in [3.05, 3.63) is 11.6 Å². The van der Waals surface area contributed by atoms with Crippen molar-refractivity contribution in [1.29, 1.82) is 0 Å². The lowest BCUT2D eigenvalue weighted by atomic mass is 9.85. The van der Waals surface area contributed by atoms with E-state index in [1.54, 1.807) is 7.11 Å². The Morgan fingerprint density at radius 3 is 2.86 bits per heavy atom. The number of halogens is 1. The lowest BCUT2D eigenvalue weighted by Crippen LogP contribution is -2.59. The van der Waals surface area contributed by atoms with Gasteiger partial charge in [0.2, 0.25) is 0 Å². The van der Waals surface area contributed by atoms with E-state index < -0.39 is 0 Å². The molecule has 0 aromatic carbocycles. The molecule has 0 aromatic rings. The van der Waals surface area contributed by atoms with Crippen molar-refractivity contribution >= 4 is 11.6 Å². The number of ether oxygens (including phenoxy) is 2. The van der Waals surface area contributed by atoms with Gasteiger partial charge in [-0.05, 0) is 13.3 Å². The fourth-order valence-corrected chi connectivity index (χ4v) is 1.79. The summed E-state index contributed by atoms with van der Waals surface area (Å²) in [5.41, 5.74) is 0. The van der Waals surface area contributed by atoms with Crippen molar-refractivity contribution in [3.63, 3.8) is 0 Å². The summed E-state index contributed by atoms with van der Waals surface area (Å²) in [5, 5.41) is 3.90. The summed E-state index contributed by atoms with van der Waals surface area (Å²) in [6.45, 7) is 6.98. The van der Waals surface area contributed by atoms with Crippen LogP contribution in [0.15, 0.2) is 11.6 Å². The van der Waals surface area contributed by atoms with Crippen LogP contribution < -0.4 is 5.32 Å². The van der Waals surface area contributed by atoms with E-state index in [-0.39, 0.29) is 12.2 Å². The minimum absolute atomic E-state index is 0.144. The lowest BCUT2D eigenvalue weighted by molar-refractivity contribution is -0.130. The van der Waals surface area contributed by atoms with Crippen molar-refractivity contribution in [2.75, 3.05) is 20.3 Å². The first-order chi connectivity index (χ1) is 6.69. The highest BCUT2D eigenvalue weighted by molar-refractivity contribution is 6.29.